The van der Waals surface area contributed by atoms with Gasteiger partial charge in [0.1, 0.15) is 0 Å². The quantitative estimate of drug-likeness (QED) is 0.868. The Hall–Kier alpha value is -0.860. The molecule has 2 atom stereocenters. The van der Waals surface area contributed by atoms with E-state index in [1.165, 1.54) is 30.5 Å². The van der Waals surface area contributed by atoms with E-state index in [-0.39, 0.29) is 0 Å². The van der Waals surface area contributed by atoms with Crippen LogP contribution in [0.4, 0.5) is 0 Å². The van der Waals surface area contributed by atoms with E-state index in [9.17, 15) is 0 Å². The second-order valence-corrected chi connectivity index (χ2v) is 5.33. The zero-order valence-corrected chi connectivity index (χ0v) is 11.0. The molecule has 1 saturated heterocycles. The summed E-state index contributed by atoms with van der Waals surface area (Å²) in [7, 11) is 0. The number of likely N-dealkylation sites (tertiary alicyclic amines) is 1. The van der Waals surface area contributed by atoms with Crippen molar-refractivity contribution < 1.29 is 0 Å². The van der Waals surface area contributed by atoms with Crippen molar-refractivity contribution in [3.8, 4) is 0 Å². The summed E-state index contributed by atoms with van der Waals surface area (Å²) < 4.78 is 0. The maximum Gasteiger partial charge on any atom is 0.0320 e. The van der Waals surface area contributed by atoms with Crippen molar-refractivity contribution in [2.24, 2.45) is 11.7 Å². The normalized spacial score (nSPS) is 23.6. The van der Waals surface area contributed by atoms with Gasteiger partial charge in [0, 0.05) is 12.6 Å². The van der Waals surface area contributed by atoms with Gasteiger partial charge in [0.2, 0.25) is 0 Å². The molecule has 0 aromatic heterocycles. The number of hydrogen-bond donors (Lipinski definition) is 1. The van der Waals surface area contributed by atoms with Crippen LogP contribution in [0.5, 0.6) is 0 Å². The van der Waals surface area contributed by atoms with Crippen LogP contribution in [0, 0.1) is 12.8 Å². The Labute approximate surface area is 105 Å². The molecule has 2 heteroatoms. The number of piperidine rings is 1. The van der Waals surface area contributed by atoms with Crippen LogP contribution in [-0.4, -0.2) is 24.5 Å². The average molecular weight is 232 g/mol. The van der Waals surface area contributed by atoms with Gasteiger partial charge in [-0.3, -0.25) is 4.90 Å². The second-order valence-electron chi connectivity index (χ2n) is 5.33. The van der Waals surface area contributed by atoms with Gasteiger partial charge in [-0.1, -0.05) is 29.8 Å². The first kappa shape index (κ1) is 12.6. The van der Waals surface area contributed by atoms with Crippen LogP contribution in [0.2, 0.25) is 0 Å². The predicted molar refractivity (Wildman–Crippen MR) is 72.9 cm³/mol. The van der Waals surface area contributed by atoms with Crippen LogP contribution < -0.4 is 5.73 Å². The third kappa shape index (κ3) is 3.08. The third-order valence-electron chi connectivity index (χ3n) is 3.99. The molecular formula is C15H24N2. The Morgan fingerprint density at radius 2 is 2.06 bits per heavy atom. The summed E-state index contributed by atoms with van der Waals surface area (Å²) >= 11 is 0. The highest BCUT2D eigenvalue weighted by molar-refractivity contribution is 5.23. The van der Waals surface area contributed by atoms with Crippen LogP contribution in [0.25, 0.3) is 0 Å². The zero-order valence-electron chi connectivity index (χ0n) is 11.0. The highest BCUT2D eigenvalue weighted by Gasteiger charge is 2.23. The van der Waals surface area contributed by atoms with Gasteiger partial charge >= 0.3 is 0 Å². The molecule has 0 spiro atoms. The van der Waals surface area contributed by atoms with Gasteiger partial charge in [-0.2, -0.15) is 0 Å². The number of rotatable bonds is 3. The van der Waals surface area contributed by atoms with Crippen LogP contribution >= 0.6 is 0 Å². The van der Waals surface area contributed by atoms with Crippen molar-refractivity contribution >= 4 is 0 Å². The lowest BCUT2D eigenvalue weighted by atomic mass is 9.95. The van der Waals surface area contributed by atoms with Gasteiger partial charge < -0.3 is 5.73 Å². The van der Waals surface area contributed by atoms with E-state index >= 15 is 0 Å². The second kappa shape index (κ2) is 5.65. The largest absolute Gasteiger partial charge is 0.330 e. The lowest BCUT2D eigenvalue weighted by Gasteiger charge is -2.36. The summed E-state index contributed by atoms with van der Waals surface area (Å²) in [6.07, 6.45) is 2.59. The summed E-state index contributed by atoms with van der Waals surface area (Å²) in [5.74, 6) is 0.691. The highest BCUT2D eigenvalue weighted by atomic mass is 15.2. The Morgan fingerprint density at radius 3 is 2.71 bits per heavy atom. The Bertz CT molecular complexity index is 344. The first-order valence-corrected chi connectivity index (χ1v) is 6.71. The molecule has 0 saturated carbocycles. The summed E-state index contributed by atoms with van der Waals surface area (Å²) in [6, 6.07) is 9.44. The SMILES string of the molecule is Cc1ccc(C(C)N2CCCC(CN)C2)cc1. The number of aryl methyl sites for hydroxylation is 1. The highest BCUT2D eigenvalue weighted by Crippen LogP contribution is 2.26. The van der Waals surface area contributed by atoms with E-state index in [1.807, 2.05) is 0 Å². The topological polar surface area (TPSA) is 29.3 Å². The van der Waals surface area contributed by atoms with Crippen molar-refractivity contribution in [3.05, 3.63) is 35.4 Å². The molecule has 1 aromatic rings. The van der Waals surface area contributed by atoms with E-state index in [1.54, 1.807) is 0 Å². The summed E-state index contributed by atoms with van der Waals surface area (Å²) in [4.78, 5) is 2.58. The number of nitrogens with two attached hydrogens (primary N) is 1. The Kier molecular flexibility index (Phi) is 4.19. The van der Waals surface area contributed by atoms with Crippen molar-refractivity contribution in [2.45, 2.75) is 32.7 Å². The fourth-order valence-corrected chi connectivity index (χ4v) is 2.70. The van der Waals surface area contributed by atoms with Crippen LogP contribution in [0.3, 0.4) is 0 Å². The molecule has 17 heavy (non-hydrogen) atoms. The predicted octanol–water partition coefficient (Wildman–Crippen LogP) is 2.73. The summed E-state index contributed by atoms with van der Waals surface area (Å²) in [5, 5.41) is 0. The maximum atomic E-state index is 5.80. The first-order valence-electron chi connectivity index (χ1n) is 6.71. The van der Waals surface area contributed by atoms with E-state index in [0.29, 0.717) is 12.0 Å². The van der Waals surface area contributed by atoms with Crippen LogP contribution in [-0.2, 0) is 0 Å². The molecule has 94 valence electrons. The van der Waals surface area contributed by atoms with Gasteiger partial charge in [0.25, 0.3) is 0 Å². The third-order valence-corrected chi connectivity index (χ3v) is 3.99. The molecule has 0 bridgehead atoms. The molecule has 0 radical (unpaired) electrons. The monoisotopic (exact) mass is 232 g/mol. The molecule has 1 heterocycles. The van der Waals surface area contributed by atoms with Crippen molar-refractivity contribution in [1.29, 1.82) is 0 Å². The van der Waals surface area contributed by atoms with Crippen LogP contribution in [0.15, 0.2) is 24.3 Å². The van der Waals surface area contributed by atoms with Gasteiger partial charge in [-0.15, -0.1) is 0 Å². The van der Waals surface area contributed by atoms with Gasteiger partial charge in [0.15, 0.2) is 0 Å². The van der Waals surface area contributed by atoms with Crippen molar-refractivity contribution in [3.63, 3.8) is 0 Å². The molecule has 1 aromatic carbocycles. The van der Waals surface area contributed by atoms with Gasteiger partial charge in [-0.05, 0) is 51.3 Å². The van der Waals surface area contributed by atoms with Gasteiger partial charge in [0.05, 0.1) is 0 Å². The standard InChI is InChI=1S/C15H24N2/c1-12-5-7-15(8-6-12)13(2)17-9-3-4-14(10-16)11-17/h5-8,13-14H,3-4,9-11,16H2,1-2H3. The van der Waals surface area contributed by atoms with E-state index in [4.69, 9.17) is 5.73 Å². The lowest BCUT2D eigenvalue weighted by Crippen LogP contribution is -2.39. The smallest absolute Gasteiger partial charge is 0.0320 e. The number of hydrogen-bond acceptors (Lipinski definition) is 2. The van der Waals surface area contributed by atoms with E-state index < -0.39 is 0 Å². The van der Waals surface area contributed by atoms with E-state index in [0.717, 1.165) is 13.1 Å². The minimum atomic E-state index is 0.518. The van der Waals surface area contributed by atoms with Gasteiger partial charge in [-0.25, -0.2) is 0 Å². The number of nitrogens with zero attached hydrogens (tertiary/aromatic N) is 1. The molecule has 2 rings (SSSR count). The molecule has 0 amide bonds. The van der Waals surface area contributed by atoms with E-state index in [2.05, 4.69) is 43.0 Å². The minimum Gasteiger partial charge on any atom is -0.330 e. The molecule has 1 fully saturated rings. The van der Waals surface area contributed by atoms with Crippen LogP contribution in [0.1, 0.15) is 36.9 Å². The summed E-state index contributed by atoms with van der Waals surface area (Å²) in [5.41, 5.74) is 8.55. The Balaban J connectivity index is 2.03. The maximum absolute atomic E-state index is 5.80. The fraction of sp³-hybridized carbons (Fsp3) is 0.600. The average Bonchev–Trinajstić information content (AvgIpc) is 2.39. The van der Waals surface area contributed by atoms with Crippen molar-refractivity contribution in [2.75, 3.05) is 19.6 Å². The molecule has 1 aliphatic rings. The molecule has 2 N–H and O–H groups in total. The first-order chi connectivity index (χ1) is 8.20. The molecule has 2 unspecified atom stereocenters. The lowest BCUT2D eigenvalue weighted by molar-refractivity contribution is 0.134. The van der Waals surface area contributed by atoms with Crippen molar-refractivity contribution in [1.82, 2.24) is 4.90 Å². The molecule has 2 nitrogen and oxygen atoms in total. The molecule has 0 aliphatic carbocycles. The minimum absolute atomic E-state index is 0.518. The number of benzene rings is 1. The fourth-order valence-electron chi connectivity index (χ4n) is 2.70. The Morgan fingerprint density at radius 1 is 1.35 bits per heavy atom. The molecular weight excluding hydrogens is 208 g/mol. The molecule has 1 aliphatic heterocycles. The zero-order chi connectivity index (χ0) is 12.3. The summed E-state index contributed by atoms with van der Waals surface area (Å²) in [6.45, 7) is 7.65.